The van der Waals surface area contributed by atoms with Gasteiger partial charge in [-0.15, -0.1) is 11.3 Å². The highest BCUT2D eigenvalue weighted by molar-refractivity contribution is 7.92. The average Bonchev–Trinajstić information content (AvgIpc) is 3.24. The monoisotopic (exact) mass is 576 g/mol. The first kappa shape index (κ1) is 27.5. The highest BCUT2D eigenvalue weighted by atomic mass is 35.5. The van der Waals surface area contributed by atoms with E-state index in [0.29, 0.717) is 27.4 Å². The van der Waals surface area contributed by atoms with Gasteiger partial charge in [-0.1, -0.05) is 11.6 Å². The van der Waals surface area contributed by atoms with Crippen LogP contribution in [0, 0.1) is 12.7 Å². The minimum Gasteiger partial charge on any atom is -0.487 e. The number of aryl methyl sites for hydroxylation is 1. The summed E-state index contributed by atoms with van der Waals surface area (Å²) in [5, 5.41) is 11.8. The summed E-state index contributed by atoms with van der Waals surface area (Å²) >= 11 is 7.36. The van der Waals surface area contributed by atoms with Crippen LogP contribution in [0.2, 0.25) is 5.02 Å². The molecule has 0 unspecified atom stereocenters. The Morgan fingerprint density at radius 3 is 2.74 bits per heavy atom. The summed E-state index contributed by atoms with van der Waals surface area (Å²) in [4.78, 5) is 22.5. The number of benzene rings is 1. The maximum Gasteiger partial charge on any atom is 0.265 e. The van der Waals surface area contributed by atoms with Gasteiger partial charge in [0, 0.05) is 39.1 Å². The number of anilines is 2. The van der Waals surface area contributed by atoms with Crippen molar-refractivity contribution in [2.45, 2.75) is 13.5 Å². The molecule has 0 atom stereocenters. The summed E-state index contributed by atoms with van der Waals surface area (Å²) in [5.41, 5.74) is 2.20. The number of nitrogens with one attached hydrogen (secondary N) is 2. The molecule has 198 valence electrons. The molecule has 3 aromatic heterocycles. The van der Waals surface area contributed by atoms with E-state index >= 15 is 0 Å². The summed E-state index contributed by atoms with van der Waals surface area (Å²) in [5.74, 6) is -0.910. The second-order valence-electron chi connectivity index (χ2n) is 8.06. The summed E-state index contributed by atoms with van der Waals surface area (Å²) < 4.78 is 45.6. The number of hydrogen-bond acceptors (Lipinski definition) is 8. The molecule has 1 aromatic carbocycles. The van der Waals surface area contributed by atoms with Gasteiger partial charge in [0.15, 0.2) is 0 Å². The fourth-order valence-corrected chi connectivity index (χ4v) is 5.47. The van der Waals surface area contributed by atoms with Crippen molar-refractivity contribution in [3.05, 3.63) is 87.2 Å². The Bertz CT molecular complexity index is 1580. The van der Waals surface area contributed by atoms with Crippen LogP contribution in [0.3, 0.4) is 0 Å². The van der Waals surface area contributed by atoms with E-state index in [4.69, 9.17) is 21.4 Å². The lowest BCUT2D eigenvalue weighted by Crippen LogP contribution is -2.19. The Morgan fingerprint density at radius 1 is 1.18 bits per heavy atom. The number of amides is 1. The minimum atomic E-state index is -3.77. The van der Waals surface area contributed by atoms with Gasteiger partial charge in [0.05, 0.1) is 29.1 Å². The fourth-order valence-electron chi connectivity index (χ4n) is 3.50. The van der Waals surface area contributed by atoms with E-state index in [1.165, 1.54) is 41.8 Å². The quantitative estimate of drug-likeness (QED) is 0.245. The molecule has 0 aliphatic heterocycles. The normalized spacial score (nSPS) is 11.3. The van der Waals surface area contributed by atoms with Gasteiger partial charge in [0.1, 0.15) is 23.9 Å². The molecule has 0 saturated heterocycles. The number of rotatable bonds is 10. The van der Waals surface area contributed by atoms with Crippen molar-refractivity contribution in [1.29, 1.82) is 0 Å². The van der Waals surface area contributed by atoms with Crippen LogP contribution in [0.5, 0.6) is 5.75 Å². The van der Waals surface area contributed by atoms with Gasteiger partial charge in [0.2, 0.25) is 10.0 Å². The number of thiophene rings is 1. The maximum absolute atomic E-state index is 13.5. The summed E-state index contributed by atoms with van der Waals surface area (Å²) in [6, 6.07) is 10.8. The van der Waals surface area contributed by atoms with Gasteiger partial charge in [-0.3, -0.25) is 19.5 Å². The Morgan fingerprint density at radius 2 is 1.97 bits per heavy atom. The standard InChI is InChI=1S/C25H22ClFN4O5S2/c1-15-21(24-22(3-2-4-29-24)36-14-16-7-18(27)13-28-12-16)11-23(37-15)25(33)30-19-8-17(26)9-20(10-19)31-38(34,35)6-5-32/h2-4,7-13,31-32H,5-6,14H2,1H3,(H,30,33). The third-order valence-corrected chi connectivity index (χ3v) is 7.65. The van der Waals surface area contributed by atoms with Crippen LogP contribution in [0.15, 0.2) is 61.1 Å². The number of aliphatic hydroxyl groups excluding tert-OH is 1. The lowest BCUT2D eigenvalue weighted by Gasteiger charge is -2.11. The first-order valence-corrected chi connectivity index (χ1v) is 14.0. The van der Waals surface area contributed by atoms with Crippen LogP contribution in [-0.4, -0.2) is 41.8 Å². The van der Waals surface area contributed by atoms with Gasteiger partial charge < -0.3 is 15.2 Å². The lowest BCUT2D eigenvalue weighted by atomic mass is 10.1. The van der Waals surface area contributed by atoms with Crippen LogP contribution in [0.4, 0.5) is 15.8 Å². The average molecular weight is 577 g/mol. The molecule has 0 aliphatic carbocycles. The van der Waals surface area contributed by atoms with Crippen molar-refractivity contribution in [2.75, 3.05) is 22.4 Å². The van der Waals surface area contributed by atoms with Crippen LogP contribution >= 0.6 is 22.9 Å². The predicted octanol–water partition coefficient (Wildman–Crippen LogP) is 4.87. The number of carbonyl (C=O) groups excluding carboxylic acids is 1. The molecule has 3 N–H and O–H groups in total. The Kier molecular flexibility index (Phi) is 8.57. The summed E-state index contributed by atoms with van der Waals surface area (Å²) in [6.07, 6.45) is 4.23. The summed E-state index contributed by atoms with van der Waals surface area (Å²) in [7, 11) is -3.77. The highest BCUT2D eigenvalue weighted by Crippen LogP contribution is 2.36. The first-order valence-electron chi connectivity index (χ1n) is 11.1. The van der Waals surface area contributed by atoms with Crippen molar-refractivity contribution in [3.8, 4) is 17.0 Å². The van der Waals surface area contributed by atoms with Gasteiger partial charge in [0.25, 0.3) is 5.91 Å². The molecule has 0 radical (unpaired) electrons. The number of aliphatic hydroxyl groups is 1. The number of pyridine rings is 2. The van der Waals surface area contributed by atoms with Gasteiger partial charge in [-0.25, -0.2) is 12.8 Å². The van der Waals surface area contributed by atoms with Crippen LogP contribution in [0.1, 0.15) is 20.1 Å². The molecule has 0 saturated carbocycles. The van der Waals surface area contributed by atoms with Crippen molar-refractivity contribution in [1.82, 2.24) is 9.97 Å². The number of nitrogens with zero attached hydrogens (tertiary/aromatic N) is 2. The smallest absolute Gasteiger partial charge is 0.265 e. The molecule has 13 heteroatoms. The summed E-state index contributed by atoms with van der Waals surface area (Å²) in [6.45, 7) is 1.39. The molecule has 0 bridgehead atoms. The Labute approximate surface area is 227 Å². The zero-order valence-electron chi connectivity index (χ0n) is 19.9. The number of carbonyl (C=O) groups is 1. The molecule has 4 rings (SSSR count). The highest BCUT2D eigenvalue weighted by Gasteiger charge is 2.19. The lowest BCUT2D eigenvalue weighted by molar-refractivity contribution is 0.103. The molecular weight excluding hydrogens is 555 g/mol. The van der Waals surface area contributed by atoms with Gasteiger partial charge in [-0.2, -0.15) is 0 Å². The number of halogens is 2. The molecule has 1 amide bonds. The van der Waals surface area contributed by atoms with Crippen LogP contribution in [-0.2, 0) is 16.6 Å². The van der Waals surface area contributed by atoms with E-state index in [1.807, 2.05) is 6.92 Å². The minimum absolute atomic E-state index is 0.0825. The first-order chi connectivity index (χ1) is 18.1. The van der Waals surface area contributed by atoms with Crippen LogP contribution < -0.4 is 14.8 Å². The zero-order chi connectivity index (χ0) is 27.3. The number of ether oxygens (including phenoxy) is 1. The Balaban J connectivity index is 1.53. The van der Waals surface area contributed by atoms with Crippen molar-refractivity contribution >= 4 is 50.2 Å². The van der Waals surface area contributed by atoms with Crippen molar-refractivity contribution in [3.63, 3.8) is 0 Å². The third kappa shape index (κ3) is 7.04. The fraction of sp³-hybridized carbons (Fsp3) is 0.160. The molecule has 0 fully saturated rings. The van der Waals surface area contributed by atoms with E-state index in [1.54, 1.807) is 24.4 Å². The molecule has 38 heavy (non-hydrogen) atoms. The van der Waals surface area contributed by atoms with E-state index in [2.05, 4.69) is 20.0 Å². The molecule has 9 nitrogen and oxygen atoms in total. The number of sulfonamides is 1. The zero-order valence-corrected chi connectivity index (χ0v) is 22.3. The third-order valence-electron chi connectivity index (χ3n) is 5.11. The topological polar surface area (TPSA) is 131 Å². The second-order valence-corrected chi connectivity index (χ2v) is 11.6. The molecular formula is C25H22ClFN4O5S2. The van der Waals surface area contributed by atoms with E-state index in [9.17, 15) is 17.6 Å². The largest absolute Gasteiger partial charge is 0.487 e. The molecule has 3 heterocycles. The van der Waals surface area contributed by atoms with Crippen molar-refractivity contribution in [2.24, 2.45) is 0 Å². The van der Waals surface area contributed by atoms with Gasteiger partial charge in [-0.05, 0) is 49.4 Å². The SMILES string of the molecule is Cc1sc(C(=O)Nc2cc(Cl)cc(NS(=O)(=O)CCO)c2)cc1-c1ncccc1OCc1cncc(F)c1. The second kappa shape index (κ2) is 11.9. The molecule has 0 aliphatic rings. The predicted molar refractivity (Wildman–Crippen MR) is 145 cm³/mol. The molecule has 4 aromatic rings. The van der Waals surface area contributed by atoms with Crippen molar-refractivity contribution < 1.29 is 27.4 Å². The van der Waals surface area contributed by atoms with E-state index in [-0.39, 0.29) is 23.0 Å². The molecule has 0 spiro atoms. The van der Waals surface area contributed by atoms with E-state index in [0.717, 1.165) is 11.1 Å². The van der Waals surface area contributed by atoms with Crippen LogP contribution in [0.25, 0.3) is 11.3 Å². The number of hydrogen-bond donors (Lipinski definition) is 3. The maximum atomic E-state index is 13.5. The Hall–Kier alpha value is -3.58. The number of aromatic nitrogens is 2. The van der Waals surface area contributed by atoms with Gasteiger partial charge >= 0.3 is 0 Å². The van der Waals surface area contributed by atoms with E-state index < -0.39 is 34.1 Å².